The number of hydrogen-bond donors (Lipinski definition) is 0. The van der Waals surface area contributed by atoms with E-state index in [2.05, 4.69) is 54.6 Å². The molecule has 0 aliphatic rings. The molecule has 0 aliphatic carbocycles. The molecule has 4 nitrogen and oxygen atoms in total. The van der Waals surface area contributed by atoms with Crippen molar-refractivity contribution in [2.75, 3.05) is 26.4 Å². The molecule has 0 radical (unpaired) electrons. The molecule has 194 valence electrons. The molecule has 8 heteroatoms. The Hall–Kier alpha value is 0.974. The maximum Gasteiger partial charge on any atom is 0.349 e. The van der Waals surface area contributed by atoms with Gasteiger partial charge in [0.1, 0.15) is 0 Å². The van der Waals surface area contributed by atoms with Gasteiger partial charge in [-0.2, -0.15) is 0 Å². The van der Waals surface area contributed by atoms with Gasteiger partial charge in [0.15, 0.2) is 0 Å². The van der Waals surface area contributed by atoms with E-state index in [1.165, 1.54) is 0 Å². The van der Waals surface area contributed by atoms with E-state index in [-0.39, 0.29) is 0 Å². The minimum atomic E-state index is -2.28. The van der Waals surface area contributed by atoms with Crippen molar-refractivity contribution in [2.24, 2.45) is 0 Å². The Morgan fingerprint density at radius 2 is 0.750 bits per heavy atom. The van der Waals surface area contributed by atoms with Crippen LogP contribution in [-0.4, -0.2) is 53.3 Å². The molecule has 0 spiro atoms. The van der Waals surface area contributed by atoms with Crippen LogP contribution in [0, 0.1) is 0 Å². The summed E-state index contributed by atoms with van der Waals surface area (Å²) in [6.45, 7) is 21.3. The first-order valence-electron chi connectivity index (χ1n) is 13.2. The minimum Gasteiger partial charge on any atom is -0.394 e. The van der Waals surface area contributed by atoms with Crippen molar-refractivity contribution < 1.29 is 17.7 Å². The van der Waals surface area contributed by atoms with Gasteiger partial charge in [0, 0.05) is 26.4 Å². The van der Waals surface area contributed by atoms with Crippen molar-refractivity contribution in [1.29, 1.82) is 0 Å². The van der Waals surface area contributed by atoms with Crippen molar-refractivity contribution in [2.45, 2.75) is 129 Å². The van der Waals surface area contributed by atoms with Gasteiger partial charge < -0.3 is 17.7 Å². The van der Waals surface area contributed by atoms with Crippen molar-refractivity contribution in [3.05, 3.63) is 0 Å². The molecule has 0 aromatic heterocycles. The summed E-state index contributed by atoms with van der Waals surface area (Å²) in [5, 5.41) is 0. The zero-order valence-electron chi connectivity index (χ0n) is 22.5. The Kier molecular flexibility index (Phi) is 20.8. The lowest BCUT2D eigenvalue weighted by atomic mass is 10.4. The molecular formula is C24H54O4S2Si2. The van der Waals surface area contributed by atoms with Gasteiger partial charge in [-0.15, -0.1) is 0 Å². The first-order valence-corrected chi connectivity index (χ1v) is 20.3. The van der Waals surface area contributed by atoms with Crippen LogP contribution in [-0.2, 0) is 17.7 Å². The van der Waals surface area contributed by atoms with E-state index in [1.807, 2.05) is 21.6 Å². The molecule has 0 bridgehead atoms. The second kappa shape index (κ2) is 20.2. The maximum atomic E-state index is 6.51. The van der Waals surface area contributed by atoms with Crippen molar-refractivity contribution >= 4 is 38.7 Å². The van der Waals surface area contributed by atoms with E-state index in [0.717, 1.165) is 90.6 Å². The normalized spacial score (nSPS) is 14.6. The molecule has 0 N–H and O–H groups in total. The van der Waals surface area contributed by atoms with E-state index >= 15 is 0 Å². The topological polar surface area (TPSA) is 36.9 Å². The summed E-state index contributed by atoms with van der Waals surface area (Å²) in [5.41, 5.74) is 0. The SMILES string of the molecule is CCCCO[Si](C)(OCCCC)C(CC)SSC(CC)[Si](C)(OCCCC)OCCCC. The van der Waals surface area contributed by atoms with Crippen molar-refractivity contribution in [1.82, 2.24) is 0 Å². The highest BCUT2D eigenvalue weighted by Crippen LogP contribution is 2.42. The maximum absolute atomic E-state index is 6.51. The predicted octanol–water partition coefficient (Wildman–Crippen LogP) is 8.41. The highest BCUT2D eigenvalue weighted by atomic mass is 33.1. The second-order valence-electron chi connectivity index (χ2n) is 8.83. The molecule has 0 heterocycles. The average Bonchev–Trinajstić information content (AvgIpc) is 2.77. The molecule has 0 aliphatic heterocycles. The fourth-order valence-corrected chi connectivity index (χ4v) is 16.4. The van der Waals surface area contributed by atoms with Crippen LogP contribution in [0.1, 0.15) is 106 Å². The Balaban J connectivity index is 5.30. The fraction of sp³-hybridized carbons (Fsp3) is 1.00. The Labute approximate surface area is 210 Å². The predicted molar refractivity (Wildman–Crippen MR) is 150 cm³/mol. The van der Waals surface area contributed by atoms with Crippen LogP contribution in [0.3, 0.4) is 0 Å². The summed E-state index contributed by atoms with van der Waals surface area (Å²) in [6, 6.07) is 0. The highest BCUT2D eigenvalue weighted by molar-refractivity contribution is 8.77. The lowest BCUT2D eigenvalue weighted by Crippen LogP contribution is -2.51. The Bertz CT molecular complexity index is 375. The van der Waals surface area contributed by atoms with Crippen molar-refractivity contribution in [3.8, 4) is 0 Å². The lowest BCUT2D eigenvalue weighted by molar-refractivity contribution is 0.166. The van der Waals surface area contributed by atoms with E-state index in [1.54, 1.807) is 0 Å². The summed E-state index contributed by atoms with van der Waals surface area (Å²) in [5.74, 6) is 0. The molecule has 0 saturated carbocycles. The van der Waals surface area contributed by atoms with Crippen LogP contribution < -0.4 is 0 Å². The zero-order chi connectivity index (χ0) is 24.3. The minimum absolute atomic E-state index is 0.403. The molecular weight excluding hydrogens is 473 g/mol. The standard InChI is InChI=1S/C24H54O4S2Si2/c1-9-15-19-25-31(7,26-20-16-10-2)23(13-5)29-30-24(14-6)32(8,27-21-17-11-3)28-22-18-12-4/h23-24H,9-22H2,1-8H3. The lowest BCUT2D eigenvalue weighted by Gasteiger charge is -2.37. The Morgan fingerprint density at radius 3 is 0.938 bits per heavy atom. The molecule has 2 atom stereocenters. The third kappa shape index (κ3) is 13.2. The van der Waals surface area contributed by atoms with Gasteiger partial charge >= 0.3 is 17.1 Å². The van der Waals surface area contributed by atoms with Gasteiger partial charge in [0.05, 0.1) is 9.75 Å². The number of unbranched alkanes of at least 4 members (excludes halogenated alkanes) is 4. The summed E-state index contributed by atoms with van der Waals surface area (Å²) < 4.78 is 26.0. The molecule has 0 aromatic rings. The van der Waals surface area contributed by atoms with Gasteiger partial charge in [-0.1, -0.05) is 88.8 Å². The van der Waals surface area contributed by atoms with Gasteiger partial charge in [-0.05, 0) is 51.6 Å². The summed E-state index contributed by atoms with van der Waals surface area (Å²) in [6.07, 6.45) is 11.2. The monoisotopic (exact) mass is 526 g/mol. The van der Waals surface area contributed by atoms with Gasteiger partial charge in [0.25, 0.3) is 0 Å². The fourth-order valence-electron chi connectivity index (χ4n) is 3.32. The van der Waals surface area contributed by atoms with Crippen LogP contribution in [0.25, 0.3) is 0 Å². The first kappa shape index (κ1) is 33.0. The summed E-state index contributed by atoms with van der Waals surface area (Å²) >= 11 is 0. The first-order chi connectivity index (χ1) is 15.4. The molecule has 0 amide bonds. The molecule has 0 aromatic carbocycles. The third-order valence-electron chi connectivity index (χ3n) is 5.75. The van der Waals surface area contributed by atoms with Crippen molar-refractivity contribution in [3.63, 3.8) is 0 Å². The molecule has 0 rings (SSSR count). The summed E-state index contributed by atoms with van der Waals surface area (Å²) in [4.78, 5) is 0.805. The van der Waals surface area contributed by atoms with E-state index < -0.39 is 17.1 Å². The number of hydrogen-bond acceptors (Lipinski definition) is 6. The zero-order valence-corrected chi connectivity index (χ0v) is 26.1. The third-order valence-corrected chi connectivity index (χ3v) is 19.3. The Morgan fingerprint density at radius 1 is 0.500 bits per heavy atom. The molecule has 0 saturated heterocycles. The van der Waals surface area contributed by atoms with Crippen LogP contribution in [0.15, 0.2) is 0 Å². The smallest absolute Gasteiger partial charge is 0.349 e. The van der Waals surface area contributed by atoms with E-state index in [9.17, 15) is 0 Å². The largest absolute Gasteiger partial charge is 0.394 e. The van der Waals surface area contributed by atoms with Gasteiger partial charge in [-0.3, -0.25) is 0 Å². The van der Waals surface area contributed by atoms with Gasteiger partial charge in [-0.25, -0.2) is 0 Å². The quantitative estimate of drug-likeness (QED) is 0.0755. The average molecular weight is 527 g/mol. The molecule has 0 fully saturated rings. The second-order valence-corrected chi connectivity index (χ2v) is 19.0. The number of rotatable bonds is 23. The highest BCUT2D eigenvalue weighted by Gasteiger charge is 2.45. The summed E-state index contributed by atoms with van der Waals surface area (Å²) in [7, 11) is -0.586. The van der Waals surface area contributed by atoms with E-state index in [4.69, 9.17) is 17.7 Å². The van der Waals surface area contributed by atoms with Crippen LogP contribution >= 0.6 is 21.6 Å². The van der Waals surface area contributed by atoms with Gasteiger partial charge in [0.2, 0.25) is 0 Å². The van der Waals surface area contributed by atoms with Crippen LogP contribution in [0.5, 0.6) is 0 Å². The van der Waals surface area contributed by atoms with Crippen LogP contribution in [0.4, 0.5) is 0 Å². The van der Waals surface area contributed by atoms with E-state index in [0.29, 0.717) is 9.75 Å². The van der Waals surface area contributed by atoms with Crippen LogP contribution in [0.2, 0.25) is 13.1 Å². The molecule has 32 heavy (non-hydrogen) atoms. The molecule has 2 unspecified atom stereocenters.